The molecule has 1 aromatic heterocycles. The standard InChI is InChI=1S/C25H27N3O2S/c29-24(21-12-15-31-18-21)27-23-11-5-4-10-22(23)25(30)26-16-19-8-2-3-9-20(19)17-28-13-6-1-7-14-28/h2-5,8-12,15,18H,1,6-7,13-14,16-17H2,(H,26,30)(H,27,29). The maximum absolute atomic E-state index is 12.9. The van der Waals surface area contributed by atoms with Gasteiger partial charge >= 0.3 is 0 Å². The molecule has 1 aliphatic heterocycles. The van der Waals surface area contributed by atoms with Gasteiger partial charge in [-0.25, -0.2) is 0 Å². The summed E-state index contributed by atoms with van der Waals surface area (Å²) in [5.74, 6) is -0.414. The maximum atomic E-state index is 12.9. The van der Waals surface area contributed by atoms with Gasteiger partial charge in [0, 0.05) is 18.5 Å². The lowest BCUT2D eigenvalue weighted by atomic mass is 10.0. The molecule has 0 aliphatic carbocycles. The van der Waals surface area contributed by atoms with E-state index in [0.717, 1.165) is 25.2 Å². The lowest BCUT2D eigenvalue weighted by Gasteiger charge is -2.27. The first-order chi connectivity index (χ1) is 15.2. The van der Waals surface area contributed by atoms with Gasteiger partial charge in [0.25, 0.3) is 11.8 Å². The van der Waals surface area contributed by atoms with Crippen molar-refractivity contribution in [3.63, 3.8) is 0 Å². The van der Waals surface area contributed by atoms with Gasteiger partial charge in [-0.05, 0) is 60.6 Å². The molecule has 5 nitrogen and oxygen atoms in total. The Kier molecular flexibility index (Phi) is 7.12. The van der Waals surface area contributed by atoms with Gasteiger partial charge in [0.05, 0.1) is 16.8 Å². The Morgan fingerprint density at radius 2 is 1.61 bits per heavy atom. The van der Waals surface area contributed by atoms with Crippen molar-refractivity contribution in [1.29, 1.82) is 0 Å². The first kappa shape index (κ1) is 21.3. The van der Waals surface area contributed by atoms with Crippen molar-refractivity contribution in [3.8, 4) is 0 Å². The molecule has 0 bridgehead atoms. The number of amides is 2. The van der Waals surface area contributed by atoms with Crippen molar-refractivity contribution >= 4 is 28.8 Å². The van der Waals surface area contributed by atoms with Crippen molar-refractivity contribution in [2.45, 2.75) is 32.4 Å². The van der Waals surface area contributed by atoms with E-state index in [0.29, 0.717) is 23.4 Å². The highest BCUT2D eigenvalue weighted by Crippen LogP contribution is 2.19. The van der Waals surface area contributed by atoms with Gasteiger partial charge in [0.2, 0.25) is 0 Å². The fourth-order valence-electron chi connectivity index (χ4n) is 3.89. The van der Waals surface area contributed by atoms with E-state index >= 15 is 0 Å². The van der Waals surface area contributed by atoms with Crippen LogP contribution in [0.2, 0.25) is 0 Å². The van der Waals surface area contributed by atoms with Crippen molar-refractivity contribution in [3.05, 3.63) is 87.6 Å². The minimum Gasteiger partial charge on any atom is -0.348 e. The van der Waals surface area contributed by atoms with Crippen LogP contribution in [0.25, 0.3) is 0 Å². The van der Waals surface area contributed by atoms with Crippen LogP contribution < -0.4 is 10.6 Å². The van der Waals surface area contributed by atoms with Crippen molar-refractivity contribution in [1.82, 2.24) is 10.2 Å². The smallest absolute Gasteiger partial charge is 0.256 e. The van der Waals surface area contributed by atoms with Gasteiger partial charge in [-0.1, -0.05) is 42.8 Å². The van der Waals surface area contributed by atoms with E-state index in [1.165, 1.54) is 36.2 Å². The molecule has 3 aromatic rings. The Hall–Kier alpha value is -2.96. The highest BCUT2D eigenvalue weighted by molar-refractivity contribution is 7.08. The molecule has 2 heterocycles. The molecule has 1 fully saturated rings. The van der Waals surface area contributed by atoms with Crippen LogP contribution in [0.15, 0.2) is 65.4 Å². The van der Waals surface area contributed by atoms with Crippen LogP contribution in [0, 0.1) is 0 Å². The molecule has 0 saturated carbocycles. The highest BCUT2D eigenvalue weighted by atomic mass is 32.1. The Bertz CT molecular complexity index is 1030. The Morgan fingerprint density at radius 1 is 0.871 bits per heavy atom. The fraction of sp³-hybridized carbons (Fsp3) is 0.280. The van der Waals surface area contributed by atoms with Gasteiger partial charge in [-0.2, -0.15) is 11.3 Å². The zero-order valence-corrected chi connectivity index (χ0v) is 18.3. The van der Waals surface area contributed by atoms with Crippen LogP contribution in [0.3, 0.4) is 0 Å². The van der Waals surface area contributed by atoms with Crippen LogP contribution in [0.4, 0.5) is 5.69 Å². The van der Waals surface area contributed by atoms with Crippen LogP contribution in [-0.2, 0) is 13.1 Å². The molecule has 0 atom stereocenters. The highest BCUT2D eigenvalue weighted by Gasteiger charge is 2.16. The van der Waals surface area contributed by atoms with Gasteiger partial charge < -0.3 is 10.6 Å². The molecule has 6 heteroatoms. The first-order valence-corrected chi connectivity index (χ1v) is 11.6. The minimum absolute atomic E-state index is 0.200. The van der Waals surface area contributed by atoms with Gasteiger partial charge in [-0.15, -0.1) is 0 Å². The predicted molar refractivity (Wildman–Crippen MR) is 125 cm³/mol. The number of anilines is 1. The molecule has 2 aromatic carbocycles. The first-order valence-electron chi connectivity index (χ1n) is 10.7. The molecule has 1 saturated heterocycles. The Balaban J connectivity index is 1.42. The monoisotopic (exact) mass is 433 g/mol. The normalized spacial score (nSPS) is 14.2. The molecule has 4 rings (SSSR count). The number of thiophene rings is 1. The lowest BCUT2D eigenvalue weighted by molar-refractivity contribution is 0.0951. The summed E-state index contributed by atoms with van der Waals surface area (Å²) in [6.07, 6.45) is 3.83. The number of piperidine rings is 1. The van der Waals surface area contributed by atoms with Gasteiger partial charge in [0.1, 0.15) is 0 Å². The van der Waals surface area contributed by atoms with E-state index < -0.39 is 0 Å². The molecule has 31 heavy (non-hydrogen) atoms. The summed E-state index contributed by atoms with van der Waals surface area (Å²) >= 11 is 1.46. The van der Waals surface area contributed by atoms with Crippen molar-refractivity contribution in [2.24, 2.45) is 0 Å². The summed E-state index contributed by atoms with van der Waals surface area (Å²) in [4.78, 5) is 27.8. The molecule has 2 amide bonds. The van der Waals surface area contributed by atoms with E-state index in [4.69, 9.17) is 0 Å². The van der Waals surface area contributed by atoms with Crippen molar-refractivity contribution in [2.75, 3.05) is 18.4 Å². The number of hydrogen-bond acceptors (Lipinski definition) is 4. The number of carbonyl (C=O) groups excluding carboxylic acids is 2. The number of hydrogen-bond donors (Lipinski definition) is 2. The molecular formula is C25H27N3O2S. The molecular weight excluding hydrogens is 406 g/mol. The summed E-state index contributed by atoms with van der Waals surface area (Å²) in [6.45, 7) is 3.64. The second kappa shape index (κ2) is 10.4. The van der Waals surface area contributed by atoms with E-state index in [9.17, 15) is 9.59 Å². The summed E-state index contributed by atoms with van der Waals surface area (Å²) in [5, 5.41) is 9.54. The second-order valence-electron chi connectivity index (χ2n) is 7.80. The minimum atomic E-state index is -0.214. The third kappa shape index (κ3) is 5.60. The lowest BCUT2D eigenvalue weighted by Crippen LogP contribution is -2.30. The molecule has 1 aliphatic rings. The number of nitrogens with zero attached hydrogens (tertiary/aromatic N) is 1. The number of benzene rings is 2. The third-order valence-corrected chi connectivity index (χ3v) is 6.29. The number of likely N-dealkylation sites (tertiary alicyclic amines) is 1. The predicted octanol–water partition coefficient (Wildman–Crippen LogP) is 4.92. The Labute approximate surface area is 187 Å². The number of rotatable bonds is 7. The summed E-state index contributed by atoms with van der Waals surface area (Å²) in [6, 6.07) is 17.2. The molecule has 0 radical (unpaired) electrons. The summed E-state index contributed by atoms with van der Waals surface area (Å²) in [5.41, 5.74) is 3.94. The molecule has 160 valence electrons. The van der Waals surface area contributed by atoms with E-state index in [1.807, 2.05) is 17.5 Å². The second-order valence-corrected chi connectivity index (χ2v) is 8.58. The van der Waals surface area contributed by atoms with Crippen LogP contribution >= 0.6 is 11.3 Å². The van der Waals surface area contributed by atoms with Crippen LogP contribution in [-0.4, -0.2) is 29.8 Å². The van der Waals surface area contributed by atoms with E-state index in [1.54, 1.807) is 29.6 Å². The quantitative estimate of drug-likeness (QED) is 0.556. The third-order valence-electron chi connectivity index (χ3n) is 5.60. The van der Waals surface area contributed by atoms with E-state index in [2.05, 4.69) is 33.7 Å². The largest absolute Gasteiger partial charge is 0.348 e. The fourth-order valence-corrected chi connectivity index (χ4v) is 4.53. The molecule has 2 N–H and O–H groups in total. The number of nitrogens with one attached hydrogen (secondary N) is 2. The van der Waals surface area contributed by atoms with Crippen LogP contribution in [0.1, 0.15) is 51.1 Å². The van der Waals surface area contributed by atoms with Gasteiger partial charge in [0.15, 0.2) is 0 Å². The van der Waals surface area contributed by atoms with Crippen molar-refractivity contribution < 1.29 is 9.59 Å². The average Bonchev–Trinajstić information content (AvgIpc) is 3.35. The topological polar surface area (TPSA) is 61.4 Å². The van der Waals surface area contributed by atoms with Gasteiger partial charge in [-0.3, -0.25) is 14.5 Å². The molecule has 0 spiro atoms. The number of carbonyl (C=O) groups is 2. The molecule has 0 unspecified atom stereocenters. The SMILES string of the molecule is O=C(Nc1ccccc1C(=O)NCc1ccccc1CN1CCCCC1)c1ccsc1. The van der Waals surface area contributed by atoms with E-state index in [-0.39, 0.29) is 11.8 Å². The zero-order chi connectivity index (χ0) is 21.5. The average molecular weight is 434 g/mol. The number of para-hydroxylation sites is 1. The zero-order valence-electron chi connectivity index (χ0n) is 17.5. The summed E-state index contributed by atoms with van der Waals surface area (Å²) < 4.78 is 0. The summed E-state index contributed by atoms with van der Waals surface area (Å²) in [7, 11) is 0. The maximum Gasteiger partial charge on any atom is 0.256 e. The Morgan fingerprint density at radius 3 is 2.39 bits per heavy atom. The van der Waals surface area contributed by atoms with Crippen LogP contribution in [0.5, 0.6) is 0 Å².